The molecule has 0 heterocycles. The van der Waals surface area contributed by atoms with E-state index in [1.165, 1.54) is 12.7 Å². The van der Waals surface area contributed by atoms with Crippen LogP contribution in [0.1, 0.15) is 59.9 Å². The van der Waals surface area contributed by atoms with Crippen molar-refractivity contribution in [2.45, 2.75) is 49.2 Å². The van der Waals surface area contributed by atoms with Crippen LogP contribution >= 0.6 is 0 Å². The minimum atomic E-state index is -1.39. The molecule has 5 nitrogen and oxygen atoms in total. The molecule has 0 unspecified atom stereocenters. The van der Waals surface area contributed by atoms with Gasteiger partial charge < -0.3 is 14.8 Å². The molecule has 4 aromatic rings. The zero-order chi connectivity index (χ0) is 27.8. The van der Waals surface area contributed by atoms with Crippen molar-refractivity contribution in [1.29, 1.82) is 0 Å². The summed E-state index contributed by atoms with van der Waals surface area (Å²) in [6, 6.07) is 38.3. The molecule has 1 fully saturated rings. The number of benzene rings is 4. The first kappa shape index (κ1) is 27.2. The standard InChI is InChI=1S/C35H35NO4/c1-39-34(38)36-32(27-18-8-3-9-19-27)35(28-20-10-4-11-21-28,29-22-12-5-13-23-29)33(37)40-31-25-15-14-24-30(31)26-16-6-2-7-17-26/h2-13,16-23,30-32H,14-15,24-25H2,1H3,(H,36,38)/t30-,31+,32-/m1/s1. The van der Waals surface area contributed by atoms with Gasteiger partial charge in [-0.15, -0.1) is 0 Å². The third kappa shape index (κ3) is 5.50. The molecule has 4 aromatic carbocycles. The third-order valence-electron chi connectivity index (χ3n) is 7.98. The summed E-state index contributed by atoms with van der Waals surface area (Å²) >= 11 is 0. The Balaban J connectivity index is 1.69. The fourth-order valence-corrected chi connectivity index (χ4v) is 6.07. The highest BCUT2D eigenvalue weighted by atomic mass is 16.5. The van der Waals surface area contributed by atoms with E-state index in [4.69, 9.17) is 9.47 Å². The number of alkyl carbamates (subject to hydrolysis) is 1. The summed E-state index contributed by atoms with van der Waals surface area (Å²) in [6.45, 7) is 0. The van der Waals surface area contributed by atoms with Crippen LogP contribution in [0.3, 0.4) is 0 Å². The minimum Gasteiger partial charge on any atom is -0.461 e. The molecule has 0 aromatic heterocycles. The van der Waals surface area contributed by atoms with Crippen molar-refractivity contribution < 1.29 is 19.1 Å². The van der Waals surface area contributed by atoms with Gasteiger partial charge in [0.05, 0.1) is 13.2 Å². The molecule has 1 N–H and O–H groups in total. The number of carbonyl (C=O) groups is 2. The van der Waals surface area contributed by atoms with E-state index >= 15 is 0 Å². The zero-order valence-corrected chi connectivity index (χ0v) is 22.7. The van der Waals surface area contributed by atoms with Crippen molar-refractivity contribution >= 4 is 12.1 Å². The molecule has 1 aliphatic carbocycles. The molecule has 1 amide bonds. The Bertz CT molecular complexity index is 1340. The molecule has 1 aliphatic rings. The average Bonchev–Trinajstić information content (AvgIpc) is 3.03. The van der Waals surface area contributed by atoms with Gasteiger partial charge in [0.2, 0.25) is 0 Å². The molecule has 5 rings (SSSR count). The van der Waals surface area contributed by atoms with Crippen molar-refractivity contribution in [1.82, 2.24) is 5.32 Å². The van der Waals surface area contributed by atoms with E-state index < -0.39 is 23.5 Å². The van der Waals surface area contributed by atoms with Crippen LogP contribution in [-0.4, -0.2) is 25.3 Å². The lowest BCUT2D eigenvalue weighted by Crippen LogP contribution is -2.52. The second-order valence-electron chi connectivity index (χ2n) is 10.3. The molecular formula is C35H35NO4. The maximum Gasteiger partial charge on any atom is 0.407 e. The van der Waals surface area contributed by atoms with Crippen molar-refractivity contribution in [3.63, 3.8) is 0 Å². The van der Waals surface area contributed by atoms with E-state index in [2.05, 4.69) is 17.4 Å². The Kier molecular flexibility index (Phi) is 8.60. The van der Waals surface area contributed by atoms with Crippen molar-refractivity contribution in [2.24, 2.45) is 0 Å². The van der Waals surface area contributed by atoms with Crippen LogP contribution in [0.2, 0.25) is 0 Å². The molecule has 0 saturated heterocycles. The SMILES string of the molecule is COC(=O)N[C@H](c1ccccc1)C(C(=O)O[C@H]1CCCC[C@@H]1c1ccccc1)(c1ccccc1)c1ccccc1. The van der Waals surface area contributed by atoms with Gasteiger partial charge in [-0.3, -0.25) is 4.79 Å². The average molecular weight is 534 g/mol. The van der Waals surface area contributed by atoms with E-state index in [1.807, 2.05) is 109 Å². The molecule has 204 valence electrons. The van der Waals surface area contributed by atoms with Gasteiger partial charge >= 0.3 is 12.1 Å². The number of esters is 1. The molecule has 0 radical (unpaired) electrons. The molecular weight excluding hydrogens is 498 g/mol. The van der Waals surface area contributed by atoms with E-state index in [0.29, 0.717) is 0 Å². The number of carbonyl (C=O) groups excluding carboxylic acids is 2. The van der Waals surface area contributed by atoms with Crippen LogP contribution in [0.5, 0.6) is 0 Å². The Labute approximate surface area is 236 Å². The largest absolute Gasteiger partial charge is 0.461 e. The van der Waals surface area contributed by atoms with Gasteiger partial charge in [-0.25, -0.2) is 4.79 Å². The van der Waals surface area contributed by atoms with Crippen LogP contribution in [-0.2, 0) is 19.7 Å². The topological polar surface area (TPSA) is 64.6 Å². The summed E-state index contributed by atoms with van der Waals surface area (Å²) < 4.78 is 11.7. The lowest BCUT2D eigenvalue weighted by molar-refractivity contribution is -0.158. The Hall–Kier alpha value is -4.38. The molecule has 5 heteroatoms. The molecule has 0 bridgehead atoms. The number of nitrogens with one attached hydrogen (secondary N) is 1. The number of rotatable bonds is 8. The Morgan fingerprint density at radius 2 is 1.23 bits per heavy atom. The molecule has 3 atom stereocenters. The highest BCUT2D eigenvalue weighted by molar-refractivity contribution is 5.90. The predicted molar refractivity (Wildman–Crippen MR) is 156 cm³/mol. The fourth-order valence-electron chi connectivity index (χ4n) is 6.07. The van der Waals surface area contributed by atoms with Gasteiger partial charge in [0.15, 0.2) is 0 Å². The van der Waals surface area contributed by atoms with Crippen molar-refractivity contribution in [2.75, 3.05) is 7.11 Å². The van der Waals surface area contributed by atoms with Crippen LogP contribution < -0.4 is 5.32 Å². The lowest BCUT2D eigenvalue weighted by atomic mass is 9.66. The quantitative estimate of drug-likeness (QED) is 0.241. The van der Waals surface area contributed by atoms with Gasteiger partial charge in [0, 0.05) is 5.92 Å². The first-order valence-corrected chi connectivity index (χ1v) is 13.9. The third-order valence-corrected chi connectivity index (χ3v) is 7.98. The predicted octanol–water partition coefficient (Wildman–Crippen LogP) is 7.34. The van der Waals surface area contributed by atoms with Crippen LogP contribution in [0.25, 0.3) is 0 Å². The summed E-state index contributed by atoms with van der Waals surface area (Å²) in [5.74, 6) is -0.296. The summed E-state index contributed by atoms with van der Waals surface area (Å²) in [6.07, 6.45) is 2.90. The van der Waals surface area contributed by atoms with E-state index in [-0.39, 0.29) is 12.0 Å². The zero-order valence-electron chi connectivity index (χ0n) is 22.7. The summed E-state index contributed by atoms with van der Waals surface area (Å²) in [4.78, 5) is 27.9. The van der Waals surface area contributed by atoms with Gasteiger partial charge in [-0.05, 0) is 41.5 Å². The van der Waals surface area contributed by atoms with Crippen molar-refractivity contribution in [3.05, 3.63) is 144 Å². The van der Waals surface area contributed by atoms with E-state index in [0.717, 1.165) is 42.4 Å². The van der Waals surface area contributed by atoms with Crippen LogP contribution in [0, 0.1) is 0 Å². The summed E-state index contributed by atoms with van der Waals surface area (Å²) in [5.41, 5.74) is 2.00. The maximum atomic E-state index is 15.0. The molecule has 0 aliphatic heterocycles. The van der Waals surface area contributed by atoms with Crippen molar-refractivity contribution in [3.8, 4) is 0 Å². The second-order valence-corrected chi connectivity index (χ2v) is 10.3. The molecule has 1 saturated carbocycles. The second kappa shape index (κ2) is 12.6. The highest BCUT2D eigenvalue weighted by Gasteiger charge is 2.53. The summed E-state index contributed by atoms with van der Waals surface area (Å²) in [5, 5.41) is 3.02. The van der Waals surface area contributed by atoms with Crippen LogP contribution in [0.15, 0.2) is 121 Å². The minimum absolute atomic E-state index is 0.104. The smallest absolute Gasteiger partial charge is 0.407 e. The van der Waals surface area contributed by atoms with Gasteiger partial charge in [-0.2, -0.15) is 0 Å². The number of amides is 1. The number of hydrogen-bond acceptors (Lipinski definition) is 4. The monoisotopic (exact) mass is 533 g/mol. The fraction of sp³-hybridized carbons (Fsp3) is 0.257. The number of hydrogen-bond donors (Lipinski definition) is 1. The van der Waals surface area contributed by atoms with Gasteiger partial charge in [0.25, 0.3) is 0 Å². The van der Waals surface area contributed by atoms with Gasteiger partial charge in [0.1, 0.15) is 11.5 Å². The normalized spacial score (nSPS) is 17.8. The highest BCUT2D eigenvalue weighted by Crippen LogP contribution is 2.46. The maximum absolute atomic E-state index is 15.0. The van der Waals surface area contributed by atoms with Crippen LogP contribution in [0.4, 0.5) is 4.79 Å². The Morgan fingerprint density at radius 1 is 0.725 bits per heavy atom. The summed E-state index contributed by atoms with van der Waals surface area (Å²) in [7, 11) is 1.33. The lowest BCUT2D eigenvalue weighted by Gasteiger charge is -2.42. The first-order chi connectivity index (χ1) is 19.6. The van der Waals surface area contributed by atoms with Gasteiger partial charge in [-0.1, -0.05) is 128 Å². The number of methoxy groups -OCH3 is 1. The first-order valence-electron chi connectivity index (χ1n) is 13.9. The molecule has 0 spiro atoms. The molecule has 40 heavy (non-hydrogen) atoms. The van der Waals surface area contributed by atoms with E-state index in [9.17, 15) is 9.59 Å². The van der Waals surface area contributed by atoms with E-state index in [1.54, 1.807) is 0 Å². The Morgan fingerprint density at radius 3 is 1.77 bits per heavy atom. The number of ether oxygens (including phenoxy) is 2.